The largest absolute Gasteiger partial charge is 0.318 e. The summed E-state index contributed by atoms with van der Waals surface area (Å²) in [5.74, 6) is -0.528. The summed E-state index contributed by atoms with van der Waals surface area (Å²) >= 11 is 0. The number of aryl methyl sites for hydroxylation is 3. The predicted molar refractivity (Wildman–Crippen MR) is 129 cm³/mol. The van der Waals surface area contributed by atoms with Crippen molar-refractivity contribution in [2.24, 2.45) is 5.10 Å². The summed E-state index contributed by atoms with van der Waals surface area (Å²) in [4.78, 5) is 12.4. The van der Waals surface area contributed by atoms with Gasteiger partial charge in [-0.05, 0) is 58.0 Å². The summed E-state index contributed by atoms with van der Waals surface area (Å²) < 4.78 is 27.6. The Morgan fingerprint density at radius 1 is 1.00 bits per heavy atom. The highest BCUT2D eigenvalue weighted by atomic mass is 32.2. The van der Waals surface area contributed by atoms with Crippen molar-refractivity contribution in [3.63, 3.8) is 0 Å². The molecule has 32 heavy (non-hydrogen) atoms. The lowest BCUT2D eigenvalue weighted by Gasteiger charge is -2.21. The number of hydrazone groups is 1. The van der Waals surface area contributed by atoms with Gasteiger partial charge in [-0.3, -0.25) is 9.10 Å². The summed E-state index contributed by atoms with van der Waals surface area (Å²) in [6.07, 6.45) is 2.64. The van der Waals surface area contributed by atoms with Crippen molar-refractivity contribution >= 4 is 27.8 Å². The lowest BCUT2D eigenvalue weighted by molar-refractivity contribution is -0.119. The van der Waals surface area contributed by atoms with Crippen LogP contribution in [-0.4, -0.2) is 37.9 Å². The van der Waals surface area contributed by atoms with Gasteiger partial charge in [-0.1, -0.05) is 35.4 Å². The van der Waals surface area contributed by atoms with Gasteiger partial charge < -0.3 is 4.57 Å². The van der Waals surface area contributed by atoms with Gasteiger partial charge in [-0.15, -0.1) is 0 Å². The molecule has 1 amide bonds. The molecule has 0 fully saturated rings. The van der Waals surface area contributed by atoms with E-state index in [4.69, 9.17) is 0 Å². The third-order valence-electron chi connectivity index (χ3n) is 5.16. The molecule has 0 bridgehead atoms. The summed E-state index contributed by atoms with van der Waals surface area (Å²) in [6, 6.07) is 17.2. The molecule has 8 heteroatoms. The second-order valence-electron chi connectivity index (χ2n) is 7.90. The average Bonchev–Trinajstić information content (AvgIpc) is 3.00. The zero-order chi connectivity index (χ0) is 23.5. The first kappa shape index (κ1) is 23.3. The first-order valence-electron chi connectivity index (χ1n) is 10.2. The maximum absolute atomic E-state index is 12.4. The fourth-order valence-electron chi connectivity index (χ4n) is 3.46. The summed E-state index contributed by atoms with van der Waals surface area (Å²) in [6.45, 7) is 7.59. The van der Waals surface area contributed by atoms with E-state index in [-0.39, 0.29) is 6.54 Å². The first-order valence-corrected chi connectivity index (χ1v) is 12.0. The zero-order valence-electron chi connectivity index (χ0n) is 19.0. The SMILES string of the molecule is Cc1ccc(N(CC(=O)N/N=C/c2cc(C)n(-c3ccc(C)cc3)c2C)S(C)(=O)=O)cc1. The molecule has 0 aliphatic heterocycles. The number of amides is 1. The Hall–Kier alpha value is -3.39. The van der Waals surface area contributed by atoms with E-state index in [1.54, 1.807) is 30.5 Å². The highest BCUT2D eigenvalue weighted by molar-refractivity contribution is 7.92. The molecule has 3 rings (SSSR count). The molecule has 168 valence electrons. The van der Waals surface area contributed by atoms with E-state index < -0.39 is 15.9 Å². The third kappa shape index (κ3) is 5.45. The normalized spacial score (nSPS) is 11.7. The van der Waals surface area contributed by atoms with Gasteiger partial charge in [0.1, 0.15) is 6.54 Å². The Labute approximate surface area is 189 Å². The number of nitrogens with zero attached hydrogens (tertiary/aromatic N) is 3. The molecule has 1 heterocycles. The molecule has 0 spiro atoms. The highest BCUT2D eigenvalue weighted by Crippen LogP contribution is 2.20. The van der Waals surface area contributed by atoms with Crippen molar-refractivity contribution in [1.82, 2.24) is 9.99 Å². The molecular formula is C24H28N4O3S. The molecule has 0 radical (unpaired) electrons. The van der Waals surface area contributed by atoms with Crippen LogP contribution >= 0.6 is 0 Å². The fraction of sp³-hybridized carbons (Fsp3) is 0.250. The quantitative estimate of drug-likeness (QED) is 0.439. The van der Waals surface area contributed by atoms with Crippen LogP contribution in [0.4, 0.5) is 5.69 Å². The van der Waals surface area contributed by atoms with Crippen molar-refractivity contribution in [2.75, 3.05) is 17.1 Å². The molecule has 0 unspecified atom stereocenters. The number of nitrogens with one attached hydrogen (secondary N) is 1. The van der Waals surface area contributed by atoms with Crippen LogP contribution in [0, 0.1) is 27.7 Å². The first-order chi connectivity index (χ1) is 15.1. The molecule has 0 aliphatic carbocycles. The third-order valence-corrected chi connectivity index (χ3v) is 6.31. The smallest absolute Gasteiger partial charge is 0.260 e. The monoisotopic (exact) mass is 452 g/mol. The van der Waals surface area contributed by atoms with Crippen LogP contribution in [0.2, 0.25) is 0 Å². The summed E-state index contributed by atoms with van der Waals surface area (Å²) in [7, 11) is -3.63. The summed E-state index contributed by atoms with van der Waals surface area (Å²) in [5.41, 5.74) is 9.00. The van der Waals surface area contributed by atoms with Crippen LogP contribution in [0.3, 0.4) is 0 Å². The number of hydrogen-bond acceptors (Lipinski definition) is 4. The average molecular weight is 453 g/mol. The lowest BCUT2D eigenvalue weighted by Crippen LogP contribution is -2.39. The summed E-state index contributed by atoms with van der Waals surface area (Å²) in [5, 5.41) is 4.05. The van der Waals surface area contributed by atoms with Gasteiger partial charge in [0.2, 0.25) is 10.0 Å². The second-order valence-corrected chi connectivity index (χ2v) is 9.80. The number of rotatable bonds is 7. The minimum Gasteiger partial charge on any atom is -0.318 e. The molecule has 0 saturated heterocycles. The van der Waals surface area contributed by atoms with Gasteiger partial charge in [0, 0.05) is 22.6 Å². The van der Waals surface area contributed by atoms with Crippen LogP contribution in [0.15, 0.2) is 59.7 Å². The maximum Gasteiger partial charge on any atom is 0.260 e. The number of carbonyl (C=O) groups is 1. The maximum atomic E-state index is 12.4. The van der Waals surface area contributed by atoms with E-state index in [2.05, 4.69) is 39.4 Å². The molecule has 0 saturated carbocycles. The Balaban J connectivity index is 1.73. The topological polar surface area (TPSA) is 83.8 Å². The van der Waals surface area contributed by atoms with E-state index in [9.17, 15) is 13.2 Å². The van der Waals surface area contributed by atoms with Gasteiger partial charge in [0.25, 0.3) is 5.91 Å². The van der Waals surface area contributed by atoms with Crippen molar-refractivity contribution in [2.45, 2.75) is 27.7 Å². The zero-order valence-corrected chi connectivity index (χ0v) is 19.8. The number of benzene rings is 2. The van der Waals surface area contributed by atoms with Crippen LogP contribution in [0.25, 0.3) is 5.69 Å². The Morgan fingerprint density at radius 2 is 1.56 bits per heavy atom. The predicted octanol–water partition coefficient (Wildman–Crippen LogP) is 3.63. The van der Waals surface area contributed by atoms with Crippen molar-refractivity contribution in [3.05, 3.63) is 82.7 Å². The van der Waals surface area contributed by atoms with Crippen LogP contribution in [0.1, 0.15) is 28.1 Å². The minimum atomic E-state index is -3.63. The van der Waals surface area contributed by atoms with E-state index >= 15 is 0 Å². The van der Waals surface area contributed by atoms with Gasteiger partial charge >= 0.3 is 0 Å². The van der Waals surface area contributed by atoms with E-state index in [1.165, 1.54) is 5.56 Å². The standard InChI is InChI=1S/C24H28N4O3S/c1-17-6-10-22(11-7-17)27(32(5,30)31)16-24(29)26-25-15-21-14-19(3)28(20(21)4)23-12-8-18(2)9-13-23/h6-15H,16H2,1-5H3,(H,26,29)/b25-15+. The van der Waals surface area contributed by atoms with Crippen molar-refractivity contribution in [3.8, 4) is 5.69 Å². The molecule has 0 atom stereocenters. The number of aromatic nitrogens is 1. The number of carbonyl (C=O) groups excluding carboxylic acids is 1. The van der Waals surface area contributed by atoms with E-state index in [0.29, 0.717) is 5.69 Å². The van der Waals surface area contributed by atoms with E-state index in [0.717, 1.165) is 38.8 Å². The van der Waals surface area contributed by atoms with Crippen LogP contribution in [-0.2, 0) is 14.8 Å². The Morgan fingerprint density at radius 3 is 2.12 bits per heavy atom. The highest BCUT2D eigenvalue weighted by Gasteiger charge is 2.20. The van der Waals surface area contributed by atoms with Crippen LogP contribution < -0.4 is 9.73 Å². The van der Waals surface area contributed by atoms with Crippen molar-refractivity contribution in [1.29, 1.82) is 0 Å². The van der Waals surface area contributed by atoms with Gasteiger partial charge in [0.05, 0.1) is 18.2 Å². The fourth-order valence-corrected chi connectivity index (χ4v) is 4.32. The molecule has 1 aromatic heterocycles. The molecule has 3 aromatic rings. The Bertz CT molecular complexity index is 1240. The van der Waals surface area contributed by atoms with Gasteiger partial charge in [-0.25, -0.2) is 13.8 Å². The number of anilines is 1. The number of hydrogen-bond donors (Lipinski definition) is 1. The minimum absolute atomic E-state index is 0.360. The molecule has 1 N–H and O–H groups in total. The van der Waals surface area contributed by atoms with Crippen LogP contribution in [0.5, 0.6) is 0 Å². The molecule has 0 aliphatic rings. The van der Waals surface area contributed by atoms with Crippen molar-refractivity contribution < 1.29 is 13.2 Å². The number of sulfonamides is 1. The lowest BCUT2D eigenvalue weighted by atomic mass is 10.2. The second kappa shape index (κ2) is 9.40. The molecule has 7 nitrogen and oxygen atoms in total. The Kier molecular flexibility index (Phi) is 6.84. The van der Waals surface area contributed by atoms with Gasteiger partial charge in [0.15, 0.2) is 0 Å². The molecular weight excluding hydrogens is 424 g/mol. The van der Waals surface area contributed by atoms with E-state index in [1.807, 2.05) is 33.8 Å². The van der Waals surface area contributed by atoms with Gasteiger partial charge in [-0.2, -0.15) is 5.10 Å². The molecule has 2 aromatic carbocycles.